The van der Waals surface area contributed by atoms with Crippen molar-refractivity contribution in [1.29, 1.82) is 0 Å². The van der Waals surface area contributed by atoms with Crippen molar-refractivity contribution in [2.45, 2.75) is 26.8 Å². The van der Waals surface area contributed by atoms with E-state index in [1.54, 1.807) is 32.9 Å². The number of carbonyl (C=O) groups is 3. The van der Waals surface area contributed by atoms with Crippen LogP contribution in [0.1, 0.15) is 46.0 Å². The Morgan fingerprint density at radius 3 is 2.62 bits per heavy atom. The number of carbonyl (C=O) groups excluding carboxylic acids is 3. The van der Waals surface area contributed by atoms with Crippen LogP contribution in [0.2, 0.25) is 0 Å². The molecule has 1 atom stereocenters. The lowest BCUT2D eigenvalue weighted by atomic mass is 9.97. The van der Waals surface area contributed by atoms with Crippen molar-refractivity contribution in [3.8, 4) is 0 Å². The van der Waals surface area contributed by atoms with E-state index < -0.39 is 23.7 Å². The van der Waals surface area contributed by atoms with Gasteiger partial charge in [-0.15, -0.1) is 0 Å². The lowest BCUT2D eigenvalue weighted by Gasteiger charge is -2.30. The van der Waals surface area contributed by atoms with Gasteiger partial charge in [-0.05, 0) is 38.5 Å². The summed E-state index contributed by atoms with van der Waals surface area (Å²) in [6, 6.07) is 2.46. The molecule has 4 heterocycles. The first kappa shape index (κ1) is 23.8. The normalized spacial score (nSPS) is 20.8. The number of ketones is 1. The van der Waals surface area contributed by atoms with Crippen LogP contribution in [0, 0.1) is 13.8 Å². The number of aromatic nitrogens is 1. The number of ether oxygens (including phenoxy) is 2. The second-order valence-electron chi connectivity index (χ2n) is 8.31. The molecule has 2 aromatic rings. The van der Waals surface area contributed by atoms with E-state index in [1.165, 1.54) is 11.2 Å². The molecule has 10 nitrogen and oxygen atoms in total. The van der Waals surface area contributed by atoms with Gasteiger partial charge in [0, 0.05) is 37.4 Å². The third kappa shape index (κ3) is 4.26. The van der Waals surface area contributed by atoms with Crippen LogP contribution in [0.5, 0.6) is 0 Å². The fourth-order valence-electron chi connectivity index (χ4n) is 4.57. The monoisotopic (exact) mass is 471 g/mol. The molecule has 10 heteroatoms. The van der Waals surface area contributed by atoms with Crippen molar-refractivity contribution < 1.29 is 33.4 Å². The molecule has 34 heavy (non-hydrogen) atoms. The summed E-state index contributed by atoms with van der Waals surface area (Å²) in [5.74, 6) is -2.03. The highest BCUT2D eigenvalue weighted by molar-refractivity contribution is 6.46. The Balaban J connectivity index is 1.74. The number of hydrogen-bond acceptors (Lipinski definition) is 8. The fourth-order valence-corrected chi connectivity index (χ4v) is 4.57. The first-order valence-corrected chi connectivity index (χ1v) is 11.3. The van der Waals surface area contributed by atoms with Crippen LogP contribution in [-0.2, 0) is 19.1 Å². The minimum Gasteiger partial charge on any atom is -0.507 e. The highest BCUT2D eigenvalue weighted by atomic mass is 16.5. The van der Waals surface area contributed by atoms with Gasteiger partial charge < -0.3 is 28.9 Å². The Hall–Kier alpha value is -3.37. The number of H-pyrrole nitrogens is 1. The summed E-state index contributed by atoms with van der Waals surface area (Å²) in [7, 11) is 0. The average molecular weight is 472 g/mol. The molecule has 2 fully saturated rings. The summed E-state index contributed by atoms with van der Waals surface area (Å²) < 4.78 is 16.0. The summed E-state index contributed by atoms with van der Waals surface area (Å²) in [6.07, 6.45) is 1.46. The van der Waals surface area contributed by atoms with E-state index in [9.17, 15) is 19.5 Å². The maximum atomic E-state index is 13.2. The molecular formula is C24H29N3O7. The second kappa shape index (κ2) is 9.86. The number of aryl methyl sites for hydroxylation is 1. The van der Waals surface area contributed by atoms with E-state index in [4.69, 9.17) is 13.9 Å². The number of rotatable bonds is 7. The molecule has 4 rings (SSSR count). The molecule has 0 aliphatic carbocycles. The van der Waals surface area contributed by atoms with Crippen LogP contribution >= 0.6 is 0 Å². The molecule has 2 aliphatic heterocycles. The molecule has 0 aromatic carbocycles. The van der Waals surface area contributed by atoms with Crippen LogP contribution in [0.15, 0.2) is 28.4 Å². The molecule has 2 saturated heterocycles. The zero-order valence-corrected chi connectivity index (χ0v) is 19.6. The predicted molar refractivity (Wildman–Crippen MR) is 121 cm³/mol. The number of aromatic amines is 1. The Kier molecular flexibility index (Phi) is 6.90. The topological polar surface area (TPSA) is 125 Å². The molecule has 2 aliphatic rings. The van der Waals surface area contributed by atoms with Crippen LogP contribution < -0.4 is 0 Å². The highest BCUT2D eigenvalue weighted by Gasteiger charge is 2.47. The fraction of sp³-hybridized carbons (Fsp3) is 0.458. The largest absolute Gasteiger partial charge is 0.507 e. The van der Waals surface area contributed by atoms with Gasteiger partial charge in [0.05, 0.1) is 31.7 Å². The van der Waals surface area contributed by atoms with Gasteiger partial charge >= 0.3 is 5.97 Å². The van der Waals surface area contributed by atoms with E-state index >= 15 is 0 Å². The van der Waals surface area contributed by atoms with E-state index in [0.29, 0.717) is 42.3 Å². The van der Waals surface area contributed by atoms with Crippen LogP contribution in [0.3, 0.4) is 0 Å². The number of hydrogen-bond donors (Lipinski definition) is 2. The van der Waals surface area contributed by atoms with Gasteiger partial charge in [-0.2, -0.15) is 0 Å². The summed E-state index contributed by atoms with van der Waals surface area (Å²) in [6.45, 7) is 8.80. The van der Waals surface area contributed by atoms with Gasteiger partial charge in [-0.3, -0.25) is 14.5 Å². The van der Waals surface area contributed by atoms with Gasteiger partial charge in [0.2, 0.25) is 0 Å². The number of Topliss-reactive ketones (excluding diaryl/α,β-unsaturated/α-hetero) is 1. The predicted octanol–water partition coefficient (Wildman–Crippen LogP) is 2.16. The van der Waals surface area contributed by atoms with E-state index in [0.717, 1.165) is 13.1 Å². The summed E-state index contributed by atoms with van der Waals surface area (Å²) in [5, 5.41) is 11.3. The highest BCUT2D eigenvalue weighted by Crippen LogP contribution is 2.40. The Morgan fingerprint density at radius 1 is 1.24 bits per heavy atom. The quantitative estimate of drug-likeness (QED) is 0.272. The van der Waals surface area contributed by atoms with E-state index in [1.807, 2.05) is 0 Å². The van der Waals surface area contributed by atoms with Gasteiger partial charge in [-0.25, -0.2) is 4.79 Å². The van der Waals surface area contributed by atoms with Crippen molar-refractivity contribution in [3.05, 3.63) is 52.2 Å². The Bertz CT molecular complexity index is 1110. The molecule has 0 spiro atoms. The SMILES string of the molecule is CCOC(=O)c1[nH]c(C)c(C(O)=C2C(=O)C(=O)N(CCN3CCOCC3)[C@H]2c2ccco2)c1C. The Morgan fingerprint density at radius 2 is 1.97 bits per heavy atom. The standard InChI is InChI=1S/C24H29N3O7/c1-4-33-24(31)19-14(2)17(15(3)25-19)21(28)18-20(16-6-5-11-34-16)27(23(30)22(18)29)8-7-26-9-12-32-13-10-26/h5-6,11,20,25,28H,4,7-10,12-13H2,1-3H3/t20-/m0/s1. The van der Waals surface area contributed by atoms with E-state index in [2.05, 4.69) is 9.88 Å². The molecule has 2 N–H and O–H groups in total. The van der Waals surface area contributed by atoms with Crippen LogP contribution in [0.4, 0.5) is 0 Å². The molecule has 2 aromatic heterocycles. The summed E-state index contributed by atoms with van der Waals surface area (Å²) in [4.78, 5) is 45.1. The van der Waals surface area contributed by atoms with Crippen molar-refractivity contribution in [1.82, 2.24) is 14.8 Å². The maximum Gasteiger partial charge on any atom is 0.355 e. The van der Waals surface area contributed by atoms with Crippen molar-refractivity contribution in [2.24, 2.45) is 0 Å². The molecular weight excluding hydrogens is 442 g/mol. The summed E-state index contributed by atoms with van der Waals surface area (Å²) in [5.41, 5.74) is 1.34. The number of furan rings is 1. The number of amides is 1. The number of aliphatic hydroxyl groups is 1. The lowest BCUT2D eigenvalue weighted by molar-refractivity contribution is -0.140. The van der Waals surface area contributed by atoms with Gasteiger partial charge in [-0.1, -0.05) is 0 Å². The van der Waals surface area contributed by atoms with E-state index in [-0.39, 0.29) is 30.2 Å². The summed E-state index contributed by atoms with van der Waals surface area (Å²) >= 11 is 0. The maximum absolute atomic E-state index is 13.2. The van der Waals surface area contributed by atoms with Crippen LogP contribution in [-0.4, -0.2) is 83.5 Å². The number of nitrogens with one attached hydrogen (secondary N) is 1. The van der Waals surface area contributed by atoms with Gasteiger partial charge in [0.15, 0.2) is 0 Å². The molecule has 0 bridgehead atoms. The third-order valence-electron chi connectivity index (χ3n) is 6.27. The number of aliphatic hydroxyl groups excluding tert-OH is 1. The van der Waals surface area contributed by atoms with Crippen LogP contribution in [0.25, 0.3) is 5.76 Å². The smallest absolute Gasteiger partial charge is 0.355 e. The van der Waals surface area contributed by atoms with Crippen molar-refractivity contribution in [2.75, 3.05) is 46.0 Å². The molecule has 0 unspecified atom stereocenters. The second-order valence-corrected chi connectivity index (χ2v) is 8.31. The number of morpholine rings is 1. The average Bonchev–Trinajstić information content (AvgIpc) is 3.51. The zero-order chi connectivity index (χ0) is 24.4. The number of esters is 1. The molecule has 0 saturated carbocycles. The Labute approximate surface area is 197 Å². The molecule has 182 valence electrons. The minimum absolute atomic E-state index is 0.0671. The molecule has 1 amide bonds. The van der Waals surface area contributed by atoms with Crippen molar-refractivity contribution in [3.63, 3.8) is 0 Å². The lowest BCUT2D eigenvalue weighted by Crippen LogP contribution is -2.42. The van der Waals surface area contributed by atoms with Gasteiger partial charge in [0.1, 0.15) is 23.3 Å². The third-order valence-corrected chi connectivity index (χ3v) is 6.27. The molecule has 0 radical (unpaired) electrons. The minimum atomic E-state index is -0.879. The van der Waals surface area contributed by atoms with Gasteiger partial charge in [0.25, 0.3) is 11.7 Å². The first-order chi connectivity index (χ1) is 16.3. The first-order valence-electron chi connectivity index (χ1n) is 11.3. The number of nitrogens with zero attached hydrogens (tertiary/aromatic N) is 2. The number of likely N-dealkylation sites (tertiary alicyclic amines) is 1. The van der Waals surface area contributed by atoms with Crippen molar-refractivity contribution >= 4 is 23.4 Å². The zero-order valence-electron chi connectivity index (χ0n) is 19.6.